The average molecular weight is 347 g/mol. The van der Waals surface area contributed by atoms with E-state index < -0.39 is 0 Å². The number of halogens is 1. The maximum absolute atomic E-state index is 12.3. The Morgan fingerprint density at radius 2 is 1.96 bits per heavy atom. The predicted molar refractivity (Wildman–Crippen MR) is 89.8 cm³/mol. The van der Waals surface area contributed by atoms with Crippen molar-refractivity contribution < 1.29 is 9.59 Å². The molecule has 126 valence electrons. The SMILES string of the molecule is CN(Cc1nnc2n1CCC2)C(=O)CCC(=O)c1ccc(Cl)cc1. The van der Waals surface area contributed by atoms with E-state index in [0.717, 1.165) is 31.0 Å². The molecular formula is C17H19ClN4O2. The van der Waals surface area contributed by atoms with Gasteiger partial charge in [-0.3, -0.25) is 9.59 Å². The molecule has 1 aromatic carbocycles. The predicted octanol–water partition coefficient (Wildman–Crippen LogP) is 2.50. The number of hydrogen-bond donors (Lipinski definition) is 0. The molecule has 0 saturated carbocycles. The second kappa shape index (κ2) is 7.13. The molecule has 0 spiro atoms. The number of carbonyl (C=O) groups excluding carboxylic acids is 2. The molecule has 0 unspecified atom stereocenters. The average Bonchev–Trinajstić information content (AvgIpc) is 3.18. The monoisotopic (exact) mass is 346 g/mol. The quantitative estimate of drug-likeness (QED) is 0.754. The number of amides is 1. The number of rotatable bonds is 6. The summed E-state index contributed by atoms with van der Waals surface area (Å²) in [6.45, 7) is 1.33. The van der Waals surface area contributed by atoms with Crippen molar-refractivity contribution in [2.45, 2.75) is 38.8 Å². The van der Waals surface area contributed by atoms with Gasteiger partial charge in [-0.15, -0.1) is 10.2 Å². The van der Waals surface area contributed by atoms with Gasteiger partial charge in [0.2, 0.25) is 5.91 Å². The summed E-state index contributed by atoms with van der Waals surface area (Å²) >= 11 is 5.81. The zero-order valence-electron chi connectivity index (χ0n) is 13.5. The molecule has 0 N–H and O–H groups in total. The zero-order chi connectivity index (χ0) is 17.1. The van der Waals surface area contributed by atoms with Crippen LogP contribution in [-0.2, 0) is 24.3 Å². The van der Waals surface area contributed by atoms with Crippen molar-refractivity contribution in [1.29, 1.82) is 0 Å². The number of carbonyl (C=O) groups is 2. The zero-order valence-corrected chi connectivity index (χ0v) is 14.3. The molecule has 0 fully saturated rings. The molecule has 2 heterocycles. The Bertz CT molecular complexity index is 754. The van der Waals surface area contributed by atoms with E-state index >= 15 is 0 Å². The third-order valence-corrected chi connectivity index (χ3v) is 4.47. The van der Waals surface area contributed by atoms with Gasteiger partial charge in [-0.25, -0.2) is 0 Å². The molecule has 0 bridgehead atoms. The van der Waals surface area contributed by atoms with Crippen molar-refractivity contribution in [2.75, 3.05) is 7.05 Å². The van der Waals surface area contributed by atoms with Gasteiger partial charge in [0, 0.05) is 43.4 Å². The number of Topliss-reactive ketones (excluding diaryl/α,β-unsaturated/α-hetero) is 1. The Balaban J connectivity index is 1.52. The van der Waals surface area contributed by atoms with Gasteiger partial charge < -0.3 is 9.47 Å². The van der Waals surface area contributed by atoms with Gasteiger partial charge in [0.1, 0.15) is 5.82 Å². The van der Waals surface area contributed by atoms with E-state index in [0.29, 0.717) is 17.1 Å². The summed E-state index contributed by atoms with van der Waals surface area (Å²) < 4.78 is 2.07. The van der Waals surface area contributed by atoms with Crippen molar-refractivity contribution in [1.82, 2.24) is 19.7 Å². The lowest BCUT2D eigenvalue weighted by atomic mass is 10.1. The van der Waals surface area contributed by atoms with Crippen LogP contribution in [-0.4, -0.2) is 38.4 Å². The molecule has 0 saturated heterocycles. The Hall–Kier alpha value is -2.21. The first-order chi connectivity index (χ1) is 11.5. The van der Waals surface area contributed by atoms with E-state index in [1.807, 2.05) is 0 Å². The standard InChI is InChI=1S/C17H19ClN4O2/c1-21(11-16-20-19-15-3-2-10-22(15)16)17(24)9-8-14(23)12-4-6-13(18)7-5-12/h4-7H,2-3,8-11H2,1H3. The van der Waals surface area contributed by atoms with E-state index in [-0.39, 0.29) is 24.5 Å². The second-order valence-corrected chi connectivity index (χ2v) is 6.40. The number of aryl methyl sites for hydroxylation is 1. The maximum atomic E-state index is 12.3. The van der Waals surface area contributed by atoms with Crippen LogP contribution in [0.25, 0.3) is 0 Å². The highest BCUT2D eigenvalue weighted by Gasteiger charge is 2.20. The first-order valence-corrected chi connectivity index (χ1v) is 8.36. The number of hydrogen-bond acceptors (Lipinski definition) is 4. The molecule has 0 radical (unpaired) electrons. The summed E-state index contributed by atoms with van der Waals surface area (Å²) in [6.07, 6.45) is 2.38. The summed E-state index contributed by atoms with van der Waals surface area (Å²) in [7, 11) is 1.73. The third-order valence-electron chi connectivity index (χ3n) is 4.22. The second-order valence-electron chi connectivity index (χ2n) is 5.97. The lowest BCUT2D eigenvalue weighted by molar-refractivity contribution is -0.130. The summed E-state index contributed by atoms with van der Waals surface area (Å²) in [5.41, 5.74) is 0.574. The fourth-order valence-corrected chi connectivity index (χ4v) is 2.95. The minimum Gasteiger partial charge on any atom is -0.338 e. The topological polar surface area (TPSA) is 68.1 Å². The van der Waals surface area contributed by atoms with Crippen LogP contribution < -0.4 is 0 Å². The number of fused-ring (bicyclic) bond motifs is 1. The highest BCUT2D eigenvalue weighted by molar-refractivity contribution is 6.30. The van der Waals surface area contributed by atoms with Gasteiger partial charge in [-0.2, -0.15) is 0 Å². The Morgan fingerprint density at radius 3 is 2.71 bits per heavy atom. The molecule has 2 aromatic rings. The molecule has 1 aliphatic rings. The first-order valence-electron chi connectivity index (χ1n) is 7.98. The van der Waals surface area contributed by atoms with Crippen LogP contribution in [0.5, 0.6) is 0 Å². The van der Waals surface area contributed by atoms with Crippen molar-refractivity contribution in [2.24, 2.45) is 0 Å². The highest BCUT2D eigenvalue weighted by Crippen LogP contribution is 2.16. The van der Waals surface area contributed by atoms with Crippen molar-refractivity contribution in [3.8, 4) is 0 Å². The fraction of sp³-hybridized carbons (Fsp3) is 0.412. The molecule has 24 heavy (non-hydrogen) atoms. The van der Waals surface area contributed by atoms with Gasteiger partial charge >= 0.3 is 0 Å². The molecule has 0 aliphatic carbocycles. The third kappa shape index (κ3) is 3.64. The highest BCUT2D eigenvalue weighted by atomic mass is 35.5. The number of ketones is 1. The largest absolute Gasteiger partial charge is 0.338 e. The number of aromatic nitrogens is 3. The van der Waals surface area contributed by atoms with E-state index in [9.17, 15) is 9.59 Å². The van der Waals surface area contributed by atoms with Crippen LogP contribution in [0.4, 0.5) is 0 Å². The van der Waals surface area contributed by atoms with Gasteiger partial charge in [0.25, 0.3) is 0 Å². The van der Waals surface area contributed by atoms with E-state index in [2.05, 4.69) is 14.8 Å². The minimum absolute atomic E-state index is 0.0585. The van der Waals surface area contributed by atoms with E-state index in [1.165, 1.54) is 0 Å². The van der Waals surface area contributed by atoms with Crippen LogP contribution in [0, 0.1) is 0 Å². The van der Waals surface area contributed by atoms with Gasteiger partial charge in [0.05, 0.1) is 6.54 Å². The summed E-state index contributed by atoms with van der Waals surface area (Å²) in [5, 5.41) is 8.88. The van der Waals surface area contributed by atoms with Crippen molar-refractivity contribution >= 4 is 23.3 Å². The van der Waals surface area contributed by atoms with Crippen LogP contribution in [0.3, 0.4) is 0 Å². The molecule has 1 aliphatic heterocycles. The summed E-state index contributed by atoms with van der Waals surface area (Å²) in [5.74, 6) is 1.66. The summed E-state index contributed by atoms with van der Waals surface area (Å²) in [4.78, 5) is 26.0. The minimum atomic E-state index is -0.0762. The first kappa shape index (κ1) is 16.6. The lowest BCUT2D eigenvalue weighted by Gasteiger charge is -2.16. The van der Waals surface area contributed by atoms with Crippen LogP contribution in [0.2, 0.25) is 5.02 Å². The molecule has 1 amide bonds. The molecule has 6 nitrogen and oxygen atoms in total. The van der Waals surface area contributed by atoms with Crippen LogP contribution in [0.1, 0.15) is 41.3 Å². The molecule has 3 rings (SSSR count). The molecule has 1 aromatic heterocycles. The van der Waals surface area contributed by atoms with Gasteiger partial charge in [-0.05, 0) is 30.7 Å². The van der Waals surface area contributed by atoms with Gasteiger partial charge in [-0.1, -0.05) is 11.6 Å². The van der Waals surface area contributed by atoms with Gasteiger partial charge in [0.15, 0.2) is 11.6 Å². The Morgan fingerprint density at radius 1 is 1.21 bits per heavy atom. The smallest absolute Gasteiger partial charge is 0.223 e. The fourth-order valence-electron chi connectivity index (χ4n) is 2.82. The molecule has 7 heteroatoms. The van der Waals surface area contributed by atoms with Crippen LogP contribution in [0.15, 0.2) is 24.3 Å². The van der Waals surface area contributed by atoms with Crippen LogP contribution >= 0.6 is 11.6 Å². The lowest BCUT2D eigenvalue weighted by Crippen LogP contribution is -2.28. The molecule has 0 atom stereocenters. The summed E-state index contributed by atoms with van der Waals surface area (Å²) in [6, 6.07) is 6.71. The van der Waals surface area contributed by atoms with Crippen molar-refractivity contribution in [3.63, 3.8) is 0 Å². The molecular weight excluding hydrogens is 328 g/mol. The number of nitrogens with zero attached hydrogens (tertiary/aromatic N) is 4. The Kier molecular flexibility index (Phi) is 4.94. The normalized spacial score (nSPS) is 12.9. The van der Waals surface area contributed by atoms with E-state index in [4.69, 9.17) is 11.6 Å². The number of benzene rings is 1. The maximum Gasteiger partial charge on any atom is 0.223 e. The van der Waals surface area contributed by atoms with Crippen molar-refractivity contribution in [3.05, 3.63) is 46.5 Å². The van der Waals surface area contributed by atoms with E-state index in [1.54, 1.807) is 36.2 Å². The Labute approximate surface area is 145 Å².